The van der Waals surface area contributed by atoms with Gasteiger partial charge in [-0.1, -0.05) is 73.0 Å². The van der Waals surface area contributed by atoms with Crippen LogP contribution in [0.2, 0.25) is 0 Å². The van der Waals surface area contributed by atoms with Crippen LogP contribution < -0.4 is 0 Å². The van der Waals surface area contributed by atoms with Gasteiger partial charge < -0.3 is 9.47 Å². The molecule has 2 fully saturated rings. The third kappa shape index (κ3) is 7.73. The van der Waals surface area contributed by atoms with Crippen LogP contribution in [0.25, 0.3) is 22.7 Å². The molecule has 0 atom stereocenters. The molecule has 250 valence electrons. The van der Waals surface area contributed by atoms with Gasteiger partial charge in [0.15, 0.2) is 0 Å². The number of benzene rings is 2. The topological polar surface area (TPSA) is 67.2 Å². The number of nitrogens with zero attached hydrogens (tertiary/aromatic N) is 6. The van der Waals surface area contributed by atoms with E-state index in [2.05, 4.69) is 104 Å². The molecule has 7 heteroatoms. The van der Waals surface area contributed by atoms with E-state index in [-0.39, 0.29) is 11.9 Å². The Balaban J connectivity index is 1.07. The number of likely N-dealkylation sites (tertiary alicyclic amines) is 1. The van der Waals surface area contributed by atoms with Gasteiger partial charge >= 0.3 is 0 Å². The zero-order valence-electron chi connectivity index (χ0n) is 28.8. The molecular formula is C42H46N6O. The van der Waals surface area contributed by atoms with E-state index in [9.17, 15) is 4.79 Å². The lowest BCUT2D eigenvalue weighted by atomic mass is 10.00. The van der Waals surface area contributed by atoms with Crippen LogP contribution in [-0.4, -0.2) is 67.4 Å². The van der Waals surface area contributed by atoms with Crippen LogP contribution >= 0.6 is 0 Å². The van der Waals surface area contributed by atoms with Crippen molar-refractivity contribution in [3.63, 3.8) is 0 Å². The Morgan fingerprint density at radius 2 is 1.63 bits per heavy atom. The number of imidazole rings is 1. The van der Waals surface area contributed by atoms with Crippen molar-refractivity contribution in [1.82, 2.24) is 29.3 Å². The van der Waals surface area contributed by atoms with Crippen LogP contribution in [0.5, 0.6) is 0 Å². The molecule has 1 aliphatic carbocycles. The Hall–Kier alpha value is -4.88. The molecule has 1 saturated carbocycles. The minimum atomic E-state index is 0.0895. The molecule has 1 aliphatic heterocycles. The SMILES string of the molecule is Cc1ccc(C(=CCN2CCCC2)c2cccc(C=CCN(C(=O)c3ccc(Cn4c(C)nc5cnccc54)cc3)C3CCCC3)n2)cc1. The zero-order valence-corrected chi connectivity index (χ0v) is 28.8. The highest BCUT2D eigenvalue weighted by Gasteiger charge is 2.26. The number of rotatable bonds is 11. The predicted octanol–water partition coefficient (Wildman–Crippen LogP) is 8.12. The van der Waals surface area contributed by atoms with Crippen LogP contribution in [0.3, 0.4) is 0 Å². The molecule has 1 amide bonds. The molecule has 0 bridgehead atoms. The second-order valence-electron chi connectivity index (χ2n) is 13.5. The van der Waals surface area contributed by atoms with Gasteiger partial charge in [-0.05, 0) is 100 Å². The first-order chi connectivity index (χ1) is 24.0. The molecule has 2 aliphatic rings. The summed E-state index contributed by atoms with van der Waals surface area (Å²) in [6.45, 7) is 8.65. The lowest BCUT2D eigenvalue weighted by Gasteiger charge is -2.28. The molecule has 0 radical (unpaired) electrons. The van der Waals surface area contributed by atoms with Gasteiger partial charge in [0.05, 0.1) is 23.1 Å². The average Bonchev–Trinajstić information content (AvgIpc) is 3.91. The summed E-state index contributed by atoms with van der Waals surface area (Å²) in [6.07, 6.45) is 17.1. The van der Waals surface area contributed by atoms with Crippen molar-refractivity contribution >= 4 is 28.6 Å². The van der Waals surface area contributed by atoms with E-state index in [1.807, 2.05) is 25.1 Å². The van der Waals surface area contributed by atoms with E-state index in [1.54, 1.807) is 12.4 Å². The van der Waals surface area contributed by atoms with Crippen LogP contribution in [0.1, 0.15) is 82.8 Å². The summed E-state index contributed by atoms with van der Waals surface area (Å²) in [6, 6.07) is 25.3. The maximum absolute atomic E-state index is 14.0. The van der Waals surface area contributed by atoms with E-state index in [4.69, 9.17) is 4.98 Å². The molecule has 49 heavy (non-hydrogen) atoms. The largest absolute Gasteiger partial charge is 0.332 e. The van der Waals surface area contributed by atoms with E-state index in [0.29, 0.717) is 13.1 Å². The van der Waals surface area contributed by atoms with Crippen LogP contribution in [-0.2, 0) is 6.54 Å². The summed E-state index contributed by atoms with van der Waals surface area (Å²) in [7, 11) is 0. The molecule has 0 spiro atoms. The third-order valence-electron chi connectivity index (χ3n) is 10.1. The van der Waals surface area contributed by atoms with Crippen LogP contribution in [0.15, 0.2) is 97.3 Å². The number of carbonyl (C=O) groups excluding carboxylic acids is 1. The van der Waals surface area contributed by atoms with Gasteiger partial charge in [0.25, 0.3) is 5.91 Å². The van der Waals surface area contributed by atoms with E-state index >= 15 is 0 Å². The predicted molar refractivity (Wildman–Crippen MR) is 198 cm³/mol. The number of aromatic nitrogens is 4. The minimum Gasteiger partial charge on any atom is -0.332 e. The summed E-state index contributed by atoms with van der Waals surface area (Å²) in [5.41, 5.74) is 9.31. The van der Waals surface area contributed by atoms with Crippen molar-refractivity contribution in [3.05, 3.63) is 137 Å². The van der Waals surface area contributed by atoms with Crippen molar-refractivity contribution in [2.45, 2.75) is 65.0 Å². The third-order valence-corrected chi connectivity index (χ3v) is 10.1. The smallest absolute Gasteiger partial charge is 0.254 e. The molecule has 7 rings (SSSR count). The summed E-state index contributed by atoms with van der Waals surface area (Å²) in [5, 5.41) is 0. The number of hydrogen-bond acceptors (Lipinski definition) is 5. The average molecular weight is 651 g/mol. The Morgan fingerprint density at radius 1 is 0.878 bits per heavy atom. The number of fused-ring (bicyclic) bond motifs is 1. The molecule has 1 saturated heterocycles. The van der Waals surface area contributed by atoms with Gasteiger partial charge in [0.2, 0.25) is 0 Å². The Kier molecular flexibility index (Phi) is 10.1. The highest BCUT2D eigenvalue weighted by molar-refractivity contribution is 5.94. The second-order valence-corrected chi connectivity index (χ2v) is 13.5. The lowest BCUT2D eigenvalue weighted by Crippen LogP contribution is -2.39. The number of pyridine rings is 2. The van der Waals surface area contributed by atoms with Crippen molar-refractivity contribution < 1.29 is 4.79 Å². The van der Waals surface area contributed by atoms with Crippen LogP contribution in [0.4, 0.5) is 0 Å². The summed E-state index contributed by atoms with van der Waals surface area (Å²) >= 11 is 0. The van der Waals surface area contributed by atoms with Crippen molar-refractivity contribution in [3.8, 4) is 0 Å². The number of aryl methyl sites for hydroxylation is 2. The van der Waals surface area contributed by atoms with Crippen LogP contribution in [0, 0.1) is 13.8 Å². The Labute approximate surface area is 290 Å². The summed E-state index contributed by atoms with van der Waals surface area (Å²) in [4.78, 5) is 32.5. The van der Waals surface area contributed by atoms with E-state index < -0.39 is 0 Å². The minimum absolute atomic E-state index is 0.0895. The first-order valence-corrected chi connectivity index (χ1v) is 17.8. The second kappa shape index (κ2) is 15.1. The number of carbonyl (C=O) groups is 1. The van der Waals surface area contributed by atoms with E-state index in [1.165, 1.54) is 42.4 Å². The van der Waals surface area contributed by atoms with Crippen molar-refractivity contribution in [2.24, 2.45) is 0 Å². The molecule has 0 unspecified atom stereocenters. The highest BCUT2D eigenvalue weighted by atomic mass is 16.2. The van der Waals surface area contributed by atoms with E-state index in [0.717, 1.165) is 71.8 Å². The fourth-order valence-electron chi connectivity index (χ4n) is 7.29. The molecule has 0 N–H and O–H groups in total. The quantitative estimate of drug-likeness (QED) is 0.145. The molecule has 2 aromatic carbocycles. The van der Waals surface area contributed by atoms with Crippen molar-refractivity contribution in [1.29, 1.82) is 0 Å². The maximum Gasteiger partial charge on any atom is 0.254 e. The Morgan fingerprint density at radius 3 is 2.41 bits per heavy atom. The van der Waals surface area contributed by atoms with Gasteiger partial charge in [0.1, 0.15) is 11.3 Å². The lowest BCUT2D eigenvalue weighted by molar-refractivity contribution is 0.0706. The highest BCUT2D eigenvalue weighted by Crippen LogP contribution is 2.27. The molecule has 7 nitrogen and oxygen atoms in total. The number of amides is 1. The molecule has 3 aromatic heterocycles. The Bertz CT molecular complexity index is 1940. The molecule has 4 heterocycles. The van der Waals surface area contributed by atoms with Gasteiger partial charge in [-0.2, -0.15) is 0 Å². The van der Waals surface area contributed by atoms with Gasteiger partial charge in [-0.15, -0.1) is 0 Å². The fraction of sp³-hybridized carbons (Fsp3) is 0.333. The normalized spacial score (nSPS) is 15.9. The first-order valence-electron chi connectivity index (χ1n) is 17.8. The molecular weight excluding hydrogens is 605 g/mol. The monoisotopic (exact) mass is 650 g/mol. The fourth-order valence-corrected chi connectivity index (χ4v) is 7.29. The summed E-state index contributed by atoms with van der Waals surface area (Å²) < 4.78 is 2.19. The molecule has 5 aromatic rings. The van der Waals surface area contributed by atoms with Crippen molar-refractivity contribution in [2.75, 3.05) is 26.2 Å². The standard InChI is InChI=1S/C42H46N6O/c1-31-14-18-34(19-15-31)38(23-28-46-25-5-6-26-46)39-13-7-9-36(45-39)10-8-27-47(37-11-3-4-12-37)42(49)35-20-16-33(17-21-35)30-48-32(2)44-40-29-43-24-22-41(40)48/h7-10,13-24,29,37H,3-6,11-12,25-28,30H2,1-2H3. The van der Waals surface area contributed by atoms with Gasteiger partial charge in [-0.3, -0.25) is 14.7 Å². The maximum atomic E-state index is 14.0. The zero-order chi connectivity index (χ0) is 33.6. The van der Waals surface area contributed by atoms with Gasteiger partial charge in [-0.25, -0.2) is 9.97 Å². The first kappa shape index (κ1) is 32.7. The summed E-state index contributed by atoms with van der Waals surface area (Å²) in [5.74, 6) is 1.04. The van der Waals surface area contributed by atoms with Gasteiger partial charge in [0, 0.05) is 43.0 Å². The number of hydrogen-bond donors (Lipinski definition) is 0.